The van der Waals surface area contributed by atoms with Crippen LogP contribution in [0.15, 0.2) is 96.1 Å². The Morgan fingerprint density at radius 2 is 1.60 bits per heavy atom. The van der Waals surface area contributed by atoms with Crippen molar-refractivity contribution in [2.75, 3.05) is 6.54 Å². The summed E-state index contributed by atoms with van der Waals surface area (Å²) in [6.45, 7) is 1.65. The molecule has 7 heteroatoms. The quantitative estimate of drug-likeness (QED) is 0.185. The number of nitrogens with one attached hydrogen (secondary N) is 2. The van der Waals surface area contributed by atoms with Crippen LogP contribution in [0.4, 0.5) is 0 Å². The molecule has 174 valence electrons. The maximum Gasteiger partial charge on any atom is 0.343 e. The van der Waals surface area contributed by atoms with Crippen molar-refractivity contribution in [3.63, 3.8) is 0 Å². The molecule has 0 aliphatic carbocycles. The van der Waals surface area contributed by atoms with Crippen LogP contribution in [0.2, 0.25) is 0 Å². The summed E-state index contributed by atoms with van der Waals surface area (Å²) in [5, 5.41) is 8.32. The van der Waals surface area contributed by atoms with E-state index in [4.69, 9.17) is 4.74 Å². The van der Waals surface area contributed by atoms with Gasteiger partial charge in [-0.15, -0.1) is 0 Å². The lowest BCUT2D eigenvalue weighted by molar-refractivity contribution is -0.120. The van der Waals surface area contributed by atoms with Crippen molar-refractivity contribution < 1.29 is 19.1 Å². The second-order valence-electron chi connectivity index (χ2n) is 7.80. The maximum atomic E-state index is 12.6. The Kier molecular flexibility index (Phi) is 7.28. The second-order valence-corrected chi connectivity index (χ2v) is 7.80. The van der Waals surface area contributed by atoms with E-state index < -0.39 is 11.9 Å². The van der Waals surface area contributed by atoms with Crippen molar-refractivity contribution in [3.8, 4) is 5.75 Å². The van der Waals surface area contributed by atoms with E-state index in [2.05, 4.69) is 15.8 Å². The summed E-state index contributed by atoms with van der Waals surface area (Å²) in [6, 6.07) is 26.9. The average molecular weight is 466 g/mol. The molecule has 2 amide bonds. The normalized spacial score (nSPS) is 10.8. The summed E-state index contributed by atoms with van der Waals surface area (Å²) >= 11 is 0. The van der Waals surface area contributed by atoms with Crippen molar-refractivity contribution in [1.29, 1.82) is 0 Å². The molecule has 0 heterocycles. The molecule has 35 heavy (non-hydrogen) atoms. The molecule has 4 aromatic rings. The monoisotopic (exact) mass is 465 g/mol. The third kappa shape index (κ3) is 5.97. The van der Waals surface area contributed by atoms with Gasteiger partial charge in [-0.1, -0.05) is 66.2 Å². The van der Waals surface area contributed by atoms with E-state index in [1.54, 1.807) is 48.5 Å². The fraction of sp³-hybridized carbons (Fsp3) is 0.0714. The number of carbonyl (C=O) groups is 3. The van der Waals surface area contributed by atoms with Crippen LogP contribution in [0.1, 0.15) is 31.8 Å². The first-order valence-electron chi connectivity index (χ1n) is 11.0. The Hall–Kier alpha value is -4.78. The summed E-state index contributed by atoms with van der Waals surface area (Å²) in [4.78, 5) is 37.0. The Labute approximate surface area is 202 Å². The molecular formula is C28H23N3O4. The third-order valence-electron chi connectivity index (χ3n) is 5.22. The second kappa shape index (κ2) is 10.9. The Bertz CT molecular complexity index is 1410. The highest BCUT2D eigenvalue weighted by Crippen LogP contribution is 2.27. The molecule has 0 saturated carbocycles. The van der Waals surface area contributed by atoms with Crippen LogP contribution in [0.3, 0.4) is 0 Å². The maximum absolute atomic E-state index is 12.6. The van der Waals surface area contributed by atoms with Gasteiger partial charge in [-0.3, -0.25) is 9.59 Å². The largest absolute Gasteiger partial charge is 0.422 e. The Morgan fingerprint density at radius 3 is 2.40 bits per heavy atom. The van der Waals surface area contributed by atoms with Crippen LogP contribution in [0.5, 0.6) is 5.75 Å². The van der Waals surface area contributed by atoms with E-state index in [1.165, 1.54) is 6.21 Å². The predicted octanol–water partition coefficient (Wildman–Crippen LogP) is 4.25. The average Bonchev–Trinajstić information content (AvgIpc) is 2.88. The van der Waals surface area contributed by atoms with Gasteiger partial charge in [-0.05, 0) is 48.0 Å². The number of hydrogen-bond donors (Lipinski definition) is 2. The first kappa shape index (κ1) is 23.4. The molecule has 0 bridgehead atoms. The van der Waals surface area contributed by atoms with E-state index in [0.717, 1.165) is 16.3 Å². The molecule has 0 radical (unpaired) electrons. The zero-order chi connectivity index (χ0) is 24.6. The first-order chi connectivity index (χ1) is 17.0. The number of rotatable bonds is 7. The van der Waals surface area contributed by atoms with Gasteiger partial charge in [0.05, 0.1) is 18.3 Å². The van der Waals surface area contributed by atoms with Crippen molar-refractivity contribution in [1.82, 2.24) is 10.7 Å². The molecule has 0 fully saturated rings. The SMILES string of the molecule is Cc1cccc(C(=O)NCC(=O)NN=Cc2c(OC(=O)c3ccccc3)ccc3ccccc23)c1. The molecule has 7 nitrogen and oxygen atoms in total. The van der Waals surface area contributed by atoms with Crippen LogP contribution in [0, 0.1) is 6.92 Å². The molecule has 4 rings (SSSR count). The number of benzene rings is 4. The van der Waals surface area contributed by atoms with Gasteiger partial charge in [0.1, 0.15) is 5.75 Å². The van der Waals surface area contributed by atoms with Gasteiger partial charge >= 0.3 is 5.97 Å². The van der Waals surface area contributed by atoms with E-state index in [0.29, 0.717) is 22.4 Å². The van der Waals surface area contributed by atoms with Gasteiger partial charge in [-0.2, -0.15) is 5.10 Å². The van der Waals surface area contributed by atoms with E-state index in [9.17, 15) is 14.4 Å². The first-order valence-corrected chi connectivity index (χ1v) is 11.0. The van der Waals surface area contributed by atoms with E-state index >= 15 is 0 Å². The zero-order valence-electron chi connectivity index (χ0n) is 19.0. The van der Waals surface area contributed by atoms with Crippen LogP contribution >= 0.6 is 0 Å². The van der Waals surface area contributed by atoms with Gasteiger partial charge in [0.2, 0.25) is 0 Å². The topological polar surface area (TPSA) is 96.9 Å². The minimum atomic E-state index is -0.501. The molecule has 0 aliphatic heterocycles. The molecule has 0 aromatic heterocycles. The highest BCUT2D eigenvalue weighted by atomic mass is 16.5. The molecule has 2 N–H and O–H groups in total. The predicted molar refractivity (Wildman–Crippen MR) is 135 cm³/mol. The number of fused-ring (bicyclic) bond motifs is 1. The van der Waals surface area contributed by atoms with Gasteiger partial charge in [0.15, 0.2) is 0 Å². The lowest BCUT2D eigenvalue weighted by atomic mass is 10.0. The van der Waals surface area contributed by atoms with Crippen molar-refractivity contribution in [3.05, 3.63) is 113 Å². The molecule has 4 aromatic carbocycles. The Morgan fingerprint density at radius 1 is 0.857 bits per heavy atom. The number of ether oxygens (including phenoxy) is 1. The molecule has 0 unspecified atom stereocenters. The minimum absolute atomic E-state index is 0.241. The number of hydrogen-bond acceptors (Lipinski definition) is 5. The molecule has 0 aliphatic rings. The minimum Gasteiger partial charge on any atom is -0.422 e. The number of carbonyl (C=O) groups excluding carboxylic acids is 3. The molecule has 0 spiro atoms. The number of esters is 1. The summed E-state index contributed by atoms with van der Waals surface area (Å²) in [6.07, 6.45) is 1.43. The summed E-state index contributed by atoms with van der Waals surface area (Å²) in [7, 11) is 0. The highest BCUT2D eigenvalue weighted by molar-refractivity contribution is 6.04. The number of hydrazone groups is 1. The summed E-state index contributed by atoms with van der Waals surface area (Å²) < 4.78 is 5.63. The van der Waals surface area contributed by atoms with Gasteiger partial charge in [0.25, 0.3) is 11.8 Å². The van der Waals surface area contributed by atoms with Gasteiger partial charge in [-0.25, -0.2) is 10.2 Å². The summed E-state index contributed by atoms with van der Waals surface area (Å²) in [5.74, 6) is -1.04. The van der Waals surface area contributed by atoms with Crippen LogP contribution in [-0.2, 0) is 4.79 Å². The molecule has 0 atom stereocenters. The van der Waals surface area contributed by atoms with E-state index in [-0.39, 0.29) is 12.5 Å². The van der Waals surface area contributed by atoms with E-state index in [1.807, 2.05) is 49.4 Å². The van der Waals surface area contributed by atoms with Gasteiger partial charge in [0, 0.05) is 11.1 Å². The number of nitrogens with zero attached hydrogens (tertiary/aromatic N) is 1. The highest BCUT2D eigenvalue weighted by Gasteiger charge is 2.13. The summed E-state index contributed by atoms with van der Waals surface area (Å²) in [5.41, 5.74) is 4.78. The smallest absolute Gasteiger partial charge is 0.343 e. The fourth-order valence-electron chi connectivity index (χ4n) is 3.49. The van der Waals surface area contributed by atoms with Crippen molar-refractivity contribution >= 4 is 34.8 Å². The molecular weight excluding hydrogens is 442 g/mol. The number of amides is 2. The van der Waals surface area contributed by atoms with Crippen LogP contribution in [0.25, 0.3) is 10.8 Å². The lowest BCUT2D eigenvalue weighted by Crippen LogP contribution is -2.34. The Balaban J connectivity index is 1.46. The van der Waals surface area contributed by atoms with Gasteiger partial charge < -0.3 is 10.1 Å². The van der Waals surface area contributed by atoms with Crippen molar-refractivity contribution in [2.45, 2.75) is 6.92 Å². The fourth-order valence-corrected chi connectivity index (χ4v) is 3.49. The third-order valence-corrected chi connectivity index (χ3v) is 5.22. The van der Waals surface area contributed by atoms with Crippen molar-refractivity contribution in [2.24, 2.45) is 5.10 Å². The zero-order valence-corrected chi connectivity index (χ0v) is 19.0. The van der Waals surface area contributed by atoms with Crippen LogP contribution < -0.4 is 15.5 Å². The van der Waals surface area contributed by atoms with Crippen LogP contribution in [-0.4, -0.2) is 30.5 Å². The molecule has 0 saturated heterocycles. The standard InChI is InChI=1S/C28H23N3O4/c1-19-8-7-12-22(16-19)27(33)29-18-26(32)31-30-17-24-23-13-6-5-9-20(23)14-15-25(24)35-28(34)21-10-3-2-4-11-21/h2-17H,18H2,1H3,(H,29,33)(H,31,32). The lowest BCUT2D eigenvalue weighted by Gasteiger charge is -2.10. The number of aryl methyl sites for hydroxylation is 1.